The van der Waals surface area contributed by atoms with E-state index in [0.717, 1.165) is 11.3 Å². The minimum Gasteiger partial charge on any atom is -0.454 e. The van der Waals surface area contributed by atoms with E-state index in [1.54, 1.807) is 6.07 Å². The number of halogens is 1. The van der Waals surface area contributed by atoms with Gasteiger partial charge in [0, 0.05) is 24.9 Å². The van der Waals surface area contributed by atoms with Crippen LogP contribution in [0.25, 0.3) is 11.4 Å². The first-order chi connectivity index (χ1) is 13.2. The Morgan fingerprint density at radius 3 is 2.89 bits per heavy atom. The van der Waals surface area contributed by atoms with Crippen molar-refractivity contribution in [1.82, 2.24) is 15.5 Å². The lowest BCUT2D eigenvalue weighted by Crippen LogP contribution is -2.23. The smallest absolute Gasteiger partial charge is 0.231 e. The van der Waals surface area contributed by atoms with Crippen LogP contribution in [-0.4, -0.2) is 22.8 Å². The minimum absolute atomic E-state index is 0.106. The fourth-order valence-corrected chi connectivity index (χ4v) is 2.89. The van der Waals surface area contributed by atoms with Crippen LogP contribution in [0.1, 0.15) is 17.9 Å². The summed E-state index contributed by atoms with van der Waals surface area (Å²) in [6.07, 6.45) is 0.596. The summed E-state index contributed by atoms with van der Waals surface area (Å²) < 4.78 is 15.8. The Kier molecular flexibility index (Phi) is 4.93. The fraction of sp³-hybridized carbons (Fsp3) is 0.211. The van der Waals surface area contributed by atoms with E-state index in [1.165, 1.54) is 0 Å². The van der Waals surface area contributed by atoms with Gasteiger partial charge in [0.25, 0.3) is 0 Å². The van der Waals surface area contributed by atoms with E-state index in [-0.39, 0.29) is 19.1 Å². The molecule has 4 rings (SSSR count). The van der Waals surface area contributed by atoms with Crippen molar-refractivity contribution in [2.24, 2.45) is 0 Å². The number of amides is 1. The zero-order valence-corrected chi connectivity index (χ0v) is 15.0. The van der Waals surface area contributed by atoms with Gasteiger partial charge >= 0.3 is 0 Å². The summed E-state index contributed by atoms with van der Waals surface area (Å²) in [5.41, 5.74) is 1.63. The zero-order valence-electron chi connectivity index (χ0n) is 14.3. The number of ether oxygens (including phenoxy) is 2. The minimum atomic E-state index is -0.106. The monoisotopic (exact) mass is 385 g/mol. The van der Waals surface area contributed by atoms with Gasteiger partial charge in [-0.25, -0.2) is 0 Å². The number of carbonyl (C=O) groups excluding carboxylic acids is 1. The number of aromatic nitrogens is 2. The Bertz CT molecular complexity index is 973. The Labute approximate surface area is 160 Å². The number of hydrogen-bond acceptors (Lipinski definition) is 6. The molecule has 0 aliphatic carbocycles. The summed E-state index contributed by atoms with van der Waals surface area (Å²) in [5, 5.41) is 7.33. The van der Waals surface area contributed by atoms with Crippen LogP contribution in [0.2, 0.25) is 5.02 Å². The number of rotatable bonds is 6. The Morgan fingerprint density at radius 1 is 1.15 bits per heavy atom. The van der Waals surface area contributed by atoms with Crippen LogP contribution in [-0.2, 0) is 17.8 Å². The Balaban J connectivity index is 1.29. The molecule has 0 bridgehead atoms. The standard InChI is InChI=1S/C19H16ClN3O4/c20-14-4-2-1-3-13(14)19-22-18(27-23-19)8-7-17(24)21-10-12-5-6-15-16(9-12)26-11-25-15/h1-6,9H,7-8,10-11H2,(H,21,24). The van der Waals surface area contributed by atoms with E-state index in [2.05, 4.69) is 15.5 Å². The lowest BCUT2D eigenvalue weighted by Gasteiger charge is -2.05. The Hall–Kier alpha value is -3.06. The van der Waals surface area contributed by atoms with Gasteiger partial charge in [0.2, 0.25) is 24.4 Å². The van der Waals surface area contributed by atoms with Gasteiger partial charge in [-0.15, -0.1) is 0 Å². The maximum Gasteiger partial charge on any atom is 0.231 e. The van der Waals surface area contributed by atoms with Crippen molar-refractivity contribution in [3.8, 4) is 22.9 Å². The van der Waals surface area contributed by atoms with E-state index in [4.69, 9.17) is 25.6 Å². The van der Waals surface area contributed by atoms with E-state index in [0.29, 0.717) is 41.0 Å². The molecule has 0 fully saturated rings. The van der Waals surface area contributed by atoms with E-state index in [9.17, 15) is 4.79 Å². The summed E-state index contributed by atoms with van der Waals surface area (Å²) in [5.74, 6) is 2.11. The average molecular weight is 386 g/mol. The predicted molar refractivity (Wildman–Crippen MR) is 97.5 cm³/mol. The molecule has 1 aliphatic heterocycles. The van der Waals surface area contributed by atoms with Gasteiger partial charge in [0.15, 0.2) is 11.5 Å². The van der Waals surface area contributed by atoms with Crippen LogP contribution in [0.15, 0.2) is 47.0 Å². The van der Waals surface area contributed by atoms with Gasteiger partial charge in [-0.2, -0.15) is 4.98 Å². The third-order valence-corrected chi connectivity index (χ3v) is 4.41. The molecule has 1 amide bonds. The van der Waals surface area contributed by atoms with Crippen LogP contribution in [0.5, 0.6) is 11.5 Å². The molecule has 1 aromatic heterocycles. The average Bonchev–Trinajstić information content (AvgIpc) is 3.34. The highest BCUT2D eigenvalue weighted by Crippen LogP contribution is 2.32. The molecule has 1 aliphatic rings. The van der Waals surface area contributed by atoms with Crippen LogP contribution in [0.4, 0.5) is 0 Å². The first-order valence-corrected chi connectivity index (χ1v) is 8.79. The lowest BCUT2D eigenvalue weighted by atomic mass is 10.2. The fourth-order valence-electron chi connectivity index (χ4n) is 2.67. The number of aryl methyl sites for hydroxylation is 1. The third kappa shape index (κ3) is 4.03. The molecular weight excluding hydrogens is 370 g/mol. The molecule has 0 saturated carbocycles. The number of benzene rings is 2. The van der Waals surface area contributed by atoms with Crippen molar-refractivity contribution in [2.45, 2.75) is 19.4 Å². The summed E-state index contributed by atoms with van der Waals surface area (Å²) in [6.45, 7) is 0.635. The van der Waals surface area contributed by atoms with E-state index >= 15 is 0 Å². The maximum absolute atomic E-state index is 12.1. The van der Waals surface area contributed by atoms with Crippen LogP contribution in [0.3, 0.4) is 0 Å². The molecule has 138 valence electrons. The lowest BCUT2D eigenvalue weighted by molar-refractivity contribution is -0.121. The molecule has 3 aromatic rings. The van der Waals surface area contributed by atoms with Gasteiger partial charge in [0.05, 0.1) is 5.02 Å². The summed E-state index contributed by atoms with van der Waals surface area (Å²) in [6, 6.07) is 12.8. The summed E-state index contributed by atoms with van der Waals surface area (Å²) in [4.78, 5) is 16.4. The topological polar surface area (TPSA) is 86.5 Å². The van der Waals surface area contributed by atoms with Crippen LogP contribution >= 0.6 is 11.6 Å². The molecule has 0 spiro atoms. The largest absolute Gasteiger partial charge is 0.454 e. The maximum atomic E-state index is 12.1. The highest BCUT2D eigenvalue weighted by Gasteiger charge is 2.15. The Morgan fingerprint density at radius 2 is 2.00 bits per heavy atom. The second-order valence-corrected chi connectivity index (χ2v) is 6.36. The molecule has 0 saturated heterocycles. The number of nitrogens with zero attached hydrogens (tertiary/aromatic N) is 2. The molecule has 0 atom stereocenters. The van der Waals surface area contributed by atoms with Crippen molar-refractivity contribution in [1.29, 1.82) is 0 Å². The molecule has 2 heterocycles. The number of carbonyl (C=O) groups is 1. The normalized spacial score (nSPS) is 12.2. The third-order valence-electron chi connectivity index (χ3n) is 4.08. The molecule has 27 heavy (non-hydrogen) atoms. The summed E-state index contributed by atoms with van der Waals surface area (Å²) in [7, 11) is 0. The molecule has 7 nitrogen and oxygen atoms in total. The van der Waals surface area contributed by atoms with Gasteiger partial charge in [0.1, 0.15) is 0 Å². The van der Waals surface area contributed by atoms with Gasteiger partial charge in [-0.05, 0) is 29.8 Å². The predicted octanol–water partition coefficient (Wildman–Crippen LogP) is 3.37. The van der Waals surface area contributed by atoms with Gasteiger partial charge in [-0.1, -0.05) is 35.0 Å². The second kappa shape index (κ2) is 7.67. The second-order valence-electron chi connectivity index (χ2n) is 5.96. The molecule has 8 heteroatoms. The van der Waals surface area contributed by atoms with Gasteiger partial charge < -0.3 is 19.3 Å². The number of nitrogens with one attached hydrogen (secondary N) is 1. The van der Waals surface area contributed by atoms with E-state index < -0.39 is 0 Å². The molecule has 0 radical (unpaired) electrons. The van der Waals surface area contributed by atoms with Gasteiger partial charge in [-0.3, -0.25) is 4.79 Å². The van der Waals surface area contributed by atoms with Crippen molar-refractivity contribution >= 4 is 17.5 Å². The molecule has 0 unspecified atom stereocenters. The highest BCUT2D eigenvalue weighted by molar-refractivity contribution is 6.33. The molecule has 2 aromatic carbocycles. The number of fused-ring (bicyclic) bond motifs is 1. The first kappa shape index (κ1) is 17.4. The summed E-state index contributed by atoms with van der Waals surface area (Å²) >= 11 is 6.13. The van der Waals surface area contributed by atoms with Crippen LogP contribution < -0.4 is 14.8 Å². The van der Waals surface area contributed by atoms with Crippen molar-refractivity contribution in [3.05, 3.63) is 58.9 Å². The SMILES string of the molecule is O=C(CCc1nc(-c2ccccc2Cl)no1)NCc1ccc2c(c1)OCO2. The highest BCUT2D eigenvalue weighted by atomic mass is 35.5. The first-order valence-electron chi connectivity index (χ1n) is 8.42. The van der Waals surface area contributed by atoms with Crippen molar-refractivity contribution < 1.29 is 18.8 Å². The zero-order chi connectivity index (χ0) is 18.6. The molecule has 1 N–H and O–H groups in total. The quantitative estimate of drug-likeness (QED) is 0.700. The number of hydrogen-bond donors (Lipinski definition) is 1. The van der Waals surface area contributed by atoms with Crippen LogP contribution in [0, 0.1) is 0 Å². The van der Waals surface area contributed by atoms with E-state index in [1.807, 2.05) is 36.4 Å². The molecular formula is C19H16ClN3O4. The van der Waals surface area contributed by atoms with Crippen molar-refractivity contribution in [2.75, 3.05) is 6.79 Å². The van der Waals surface area contributed by atoms with Crippen molar-refractivity contribution in [3.63, 3.8) is 0 Å².